The zero-order valence-electron chi connectivity index (χ0n) is 11.1. The Balaban J connectivity index is 2.06. The minimum Gasteiger partial charge on any atom is -0.355 e. The van der Waals surface area contributed by atoms with E-state index in [0.717, 1.165) is 0 Å². The standard InChI is InChI=1S/C15H9ClFN3O2/c16-11-5-4-9(8-14(11)20(21)22)19-13-6-7-18-15-10(13)2-1-3-12(15)17/h1-8H,(H,18,19). The Morgan fingerprint density at radius 3 is 2.82 bits per heavy atom. The van der Waals surface area contributed by atoms with Crippen LogP contribution in [0.3, 0.4) is 0 Å². The molecule has 110 valence electrons. The molecule has 0 amide bonds. The highest BCUT2D eigenvalue weighted by Crippen LogP contribution is 2.31. The lowest BCUT2D eigenvalue weighted by molar-refractivity contribution is -0.384. The molecule has 2 aromatic carbocycles. The molecular weight excluding hydrogens is 309 g/mol. The predicted octanol–water partition coefficient (Wildman–Crippen LogP) is 4.68. The average Bonchev–Trinajstić information content (AvgIpc) is 2.50. The van der Waals surface area contributed by atoms with E-state index in [1.165, 1.54) is 24.4 Å². The number of halogens is 2. The summed E-state index contributed by atoms with van der Waals surface area (Å²) in [6.07, 6.45) is 1.47. The Bertz CT molecular complexity index is 886. The van der Waals surface area contributed by atoms with Gasteiger partial charge in [0.25, 0.3) is 5.69 Å². The molecule has 0 saturated heterocycles. The van der Waals surface area contributed by atoms with Crippen molar-refractivity contribution in [1.82, 2.24) is 4.98 Å². The molecule has 0 spiro atoms. The normalized spacial score (nSPS) is 10.6. The molecule has 3 aromatic rings. The van der Waals surface area contributed by atoms with Gasteiger partial charge in [-0.15, -0.1) is 0 Å². The highest BCUT2D eigenvalue weighted by molar-refractivity contribution is 6.32. The Morgan fingerprint density at radius 2 is 2.05 bits per heavy atom. The van der Waals surface area contributed by atoms with Crippen LogP contribution in [0.5, 0.6) is 0 Å². The quantitative estimate of drug-likeness (QED) is 0.562. The zero-order chi connectivity index (χ0) is 15.7. The van der Waals surface area contributed by atoms with Gasteiger partial charge in [-0.25, -0.2) is 4.39 Å². The molecular formula is C15H9ClFN3O2. The first-order valence-corrected chi connectivity index (χ1v) is 6.68. The number of fused-ring (bicyclic) bond motifs is 1. The van der Waals surface area contributed by atoms with Gasteiger partial charge in [0.15, 0.2) is 0 Å². The van der Waals surface area contributed by atoms with Gasteiger partial charge in [0.1, 0.15) is 16.4 Å². The summed E-state index contributed by atoms with van der Waals surface area (Å²) >= 11 is 5.78. The number of nitro benzene ring substituents is 1. The molecule has 3 rings (SSSR count). The van der Waals surface area contributed by atoms with Crippen LogP contribution in [0.15, 0.2) is 48.7 Å². The molecule has 0 radical (unpaired) electrons. The summed E-state index contributed by atoms with van der Waals surface area (Å²) < 4.78 is 13.7. The van der Waals surface area contributed by atoms with E-state index in [2.05, 4.69) is 10.3 Å². The lowest BCUT2D eigenvalue weighted by Gasteiger charge is -2.10. The van der Waals surface area contributed by atoms with Gasteiger partial charge in [-0.2, -0.15) is 0 Å². The van der Waals surface area contributed by atoms with Crippen molar-refractivity contribution < 1.29 is 9.31 Å². The third kappa shape index (κ3) is 2.56. The highest BCUT2D eigenvalue weighted by atomic mass is 35.5. The molecule has 0 aliphatic rings. The Labute approximate surface area is 129 Å². The molecule has 1 heterocycles. The lowest BCUT2D eigenvalue weighted by Crippen LogP contribution is -1.96. The van der Waals surface area contributed by atoms with Gasteiger partial charge in [-0.1, -0.05) is 23.7 Å². The largest absolute Gasteiger partial charge is 0.355 e. The Morgan fingerprint density at radius 1 is 1.23 bits per heavy atom. The maximum atomic E-state index is 13.7. The van der Waals surface area contributed by atoms with Gasteiger partial charge < -0.3 is 5.32 Å². The van der Waals surface area contributed by atoms with Crippen molar-refractivity contribution in [2.45, 2.75) is 0 Å². The van der Waals surface area contributed by atoms with Crippen LogP contribution in [-0.4, -0.2) is 9.91 Å². The molecule has 0 aliphatic carbocycles. The number of nitro groups is 1. The first kappa shape index (κ1) is 14.2. The molecule has 5 nitrogen and oxygen atoms in total. The molecule has 0 unspecified atom stereocenters. The van der Waals surface area contributed by atoms with Crippen molar-refractivity contribution in [2.24, 2.45) is 0 Å². The van der Waals surface area contributed by atoms with Crippen LogP contribution in [0.4, 0.5) is 21.5 Å². The topological polar surface area (TPSA) is 68.1 Å². The lowest BCUT2D eigenvalue weighted by atomic mass is 10.1. The SMILES string of the molecule is O=[N+]([O-])c1cc(Nc2ccnc3c(F)cccc23)ccc1Cl. The molecule has 0 bridgehead atoms. The van der Waals surface area contributed by atoms with Gasteiger partial charge in [0, 0.05) is 29.0 Å². The molecule has 0 saturated carbocycles. The van der Waals surface area contributed by atoms with Gasteiger partial charge in [-0.05, 0) is 24.3 Å². The van der Waals surface area contributed by atoms with Crippen LogP contribution >= 0.6 is 11.6 Å². The van der Waals surface area contributed by atoms with Gasteiger partial charge in [-0.3, -0.25) is 15.1 Å². The van der Waals surface area contributed by atoms with Crippen LogP contribution in [0, 0.1) is 15.9 Å². The van der Waals surface area contributed by atoms with E-state index in [4.69, 9.17) is 11.6 Å². The number of rotatable bonds is 3. The summed E-state index contributed by atoms with van der Waals surface area (Å²) in [7, 11) is 0. The maximum absolute atomic E-state index is 13.7. The van der Waals surface area contributed by atoms with E-state index >= 15 is 0 Å². The van der Waals surface area contributed by atoms with Crippen LogP contribution in [0.2, 0.25) is 5.02 Å². The van der Waals surface area contributed by atoms with E-state index in [9.17, 15) is 14.5 Å². The number of nitrogens with zero attached hydrogens (tertiary/aromatic N) is 2. The van der Waals surface area contributed by atoms with E-state index in [1.54, 1.807) is 24.3 Å². The van der Waals surface area contributed by atoms with Crippen LogP contribution in [-0.2, 0) is 0 Å². The Hall–Kier alpha value is -2.73. The molecule has 0 fully saturated rings. The molecule has 7 heteroatoms. The average molecular weight is 318 g/mol. The number of para-hydroxylation sites is 1. The van der Waals surface area contributed by atoms with Crippen molar-refractivity contribution in [1.29, 1.82) is 0 Å². The van der Waals surface area contributed by atoms with Gasteiger partial charge >= 0.3 is 0 Å². The summed E-state index contributed by atoms with van der Waals surface area (Å²) in [5.74, 6) is -0.428. The number of aromatic nitrogens is 1. The molecule has 0 aliphatic heterocycles. The number of hydrogen-bond donors (Lipinski definition) is 1. The fourth-order valence-corrected chi connectivity index (χ4v) is 2.32. The first-order valence-electron chi connectivity index (χ1n) is 6.30. The number of anilines is 2. The smallest absolute Gasteiger partial charge is 0.289 e. The zero-order valence-corrected chi connectivity index (χ0v) is 11.8. The van der Waals surface area contributed by atoms with Crippen molar-refractivity contribution >= 4 is 39.6 Å². The van der Waals surface area contributed by atoms with E-state index < -0.39 is 10.7 Å². The maximum Gasteiger partial charge on any atom is 0.289 e. The number of hydrogen-bond acceptors (Lipinski definition) is 4. The van der Waals surface area contributed by atoms with Crippen LogP contribution in [0.1, 0.15) is 0 Å². The second-order valence-electron chi connectivity index (χ2n) is 4.54. The minimum absolute atomic E-state index is 0.0566. The highest BCUT2D eigenvalue weighted by Gasteiger charge is 2.13. The first-order chi connectivity index (χ1) is 10.6. The van der Waals surface area contributed by atoms with E-state index in [1.807, 2.05) is 0 Å². The summed E-state index contributed by atoms with van der Waals surface area (Å²) in [4.78, 5) is 14.4. The molecule has 1 aromatic heterocycles. The monoisotopic (exact) mass is 317 g/mol. The van der Waals surface area contributed by atoms with Gasteiger partial charge in [0.05, 0.1) is 4.92 Å². The molecule has 0 atom stereocenters. The number of pyridine rings is 1. The van der Waals surface area contributed by atoms with E-state index in [0.29, 0.717) is 16.8 Å². The second-order valence-corrected chi connectivity index (χ2v) is 4.95. The van der Waals surface area contributed by atoms with E-state index in [-0.39, 0.29) is 16.2 Å². The minimum atomic E-state index is -0.558. The molecule has 1 N–H and O–H groups in total. The third-order valence-corrected chi connectivity index (χ3v) is 3.46. The van der Waals surface area contributed by atoms with Crippen molar-refractivity contribution in [3.8, 4) is 0 Å². The predicted molar refractivity (Wildman–Crippen MR) is 83.1 cm³/mol. The van der Waals surface area contributed by atoms with Crippen LogP contribution < -0.4 is 5.32 Å². The van der Waals surface area contributed by atoms with Crippen LogP contribution in [0.25, 0.3) is 10.9 Å². The summed E-state index contributed by atoms with van der Waals surface area (Å²) in [5, 5.41) is 14.6. The van der Waals surface area contributed by atoms with Crippen molar-refractivity contribution in [2.75, 3.05) is 5.32 Å². The summed E-state index contributed by atoms with van der Waals surface area (Å²) in [6.45, 7) is 0. The fraction of sp³-hybridized carbons (Fsp3) is 0. The summed E-state index contributed by atoms with van der Waals surface area (Å²) in [5.41, 5.74) is 1.11. The fourth-order valence-electron chi connectivity index (χ4n) is 2.13. The van der Waals surface area contributed by atoms with Crippen molar-refractivity contribution in [3.05, 3.63) is 69.6 Å². The third-order valence-electron chi connectivity index (χ3n) is 3.14. The van der Waals surface area contributed by atoms with Gasteiger partial charge in [0.2, 0.25) is 0 Å². The Kier molecular flexibility index (Phi) is 3.60. The van der Waals surface area contributed by atoms with Crippen molar-refractivity contribution in [3.63, 3.8) is 0 Å². The number of nitrogens with one attached hydrogen (secondary N) is 1. The summed E-state index contributed by atoms with van der Waals surface area (Å²) in [6, 6.07) is 10.7. The number of benzene rings is 2. The second kappa shape index (κ2) is 5.57. The molecule has 22 heavy (non-hydrogen) atoms.